The Morgan fingerprint density at radius 3 is 2.79 bits per heavy atom. The highest BCUT2D eigenvalue weighted by atomic mass is 35.5. The maximum absolute atomic E-state index is 13.0. The zero-order valence-electron chi connectivity index (χ0n) is 13.0. The molecule has 0 atom stereocenters. The van der Waals surface area contributed by atoms with Gasteiger partial charge in [-0.05, 0) is 24.6 Å². The number of carbonyl (C=O) groups excluding carboxylic acids is 1. The van der Waals surface area contributed by atoms with E-state index in [1.54, 1.807) is 17.0 Å². The van der Waals surface area contributed by atoms with E-state index in [0.29, 0.717) is 22.0 Å². The molecule has 0 bridgehead atoms. The minimum atomic E-state index is -0.486. The van der Waals surface area contributed by atoms with Gasteiger partial charge in [0, 0.05) is 23.6 Å². The lowest BCUT2D eigenvalue weighted by molar-refractivity contribution is -0.384. The molecule has 124 valence electrons. The molecule has 1 amide bonds. The summed E-state index contributed by atoms with van der Waals surface area (Å²) in [5, 5.41) is 11.6. The van der Waals surface area contributed by atoms with Gasteiger partial charge < -0.3 is 4.90 Å². The lowest BCUT2D eigenvalue weighted by Gasteiger charge is -2.23. The summed E-state index contributed by atoms with van der Waals surface area (Å²) in [6, 6.07) is 9.84. The molecule has 7 heteroatoms. The molecule has 1 heterocycles. The van der Waals surface area contributed by atoms with Gasteiger partial charge in [0.15, 0.2) is 0 Å². The third kappa shape index (κ3) is 2.99. The molecule has 0 unspecified atom stereocenters. The maximum Gasteiger partial charge on any atom is 0.270 e. The summed E-state index contributed by atoms with van der Waals surface area (Å²) in [5.41, 5.74) is 1.01. The van der Waals surface area contributed by atoms with Gasteiger partial charge in [-0.15, -0.1) is 0 Å². The number of non-ortho nitro benzene ring substituents is 1. The zero-order valence-corrected chi connectivity index (χ0v) is 14.6. The van der Waals surface area contributed by atoms with Crippen molar-refractivity contribution in [2.45, 2.75) is 29.6 Å². The van der Waals surface area contributed by atoms with E-state index in [9.17, 15) is 14.9 Å². The average Bonchev–Trinajstić information content (AvgIpc) is 2.68. The van der Waals surface area contributed by atoms with Crippen molar-refractivity contribution >= 4 is 40.6 Å². The van der Waals surface area contributed by atoms with Gasteiger partial charge >= 0.3 is 0 Å². The normalized spacial score (nSPS) is 13.2. The van der Waals surface area contributed by atoms with Gasteiger partial charge in [0.05, 0.1) is 26.1 Å². The molecule has 0 N–H and O–H groups in total. The van der Waals surface area contributed by atoms with Crippen molar-refractivity contribution < 1.29 is 9.72 Å². The average molecular weight is 363 g/mol. The van der Waals surface area contributed by atoms with Crippen LogP contribution in [-0.4, -0.2) is 17.4 Å². The summed E-state index contributed by atoms with van der Waals surface area (Å²) in [6.45, 7) is 2.60. The molecule has 2 aromatic carbocycles. The number of unbranched alkanes of at least 4 members (excludes halogenated alkanes) is 1. The number of halogens is 1. The fraction of sp³-hybridized carbons (Fsp3) is 0.235. The Morgan fingerprint density at radius 1 is 1.29 bits per heavy atom. The molecule has 1 aliphatic rings. The molecular formula is C17H15ClN2O3S. The van der Waals surface area contributed by atoms with Crippen molar-refractivity contribution in [3.63, 3.8) is 0 Å². The van der Waals surface area contributed by atoms with Crippen LogP contribution in [0.1, 0.15) is 30.1 Å². The topological polar surface area (TPSA) is 63.5 Å². The summed E-state index contributed by atoms with van der Waals surface area (Å²) in [7, 11) is 0. The largest absolute Gasteiger partial charge is 0.307 e. The standard InChI is InChI=1S/C17H15ClN2O3S/c1-2-3-9-19-14-6-4-5-13(18)16(14)24-15-8-7-11(20(22)23)10-12(15)17(19)21/h4-8,10H,2-3,9H2,1H3. The molecule has 3 rings (SSSR count). The Labute approximate surface area is 148 Å². The monoisotopic (exact) mass is 362 g/mol. The Hall–Kier alpha value is -2.05. The first-order valence-corrected chi connectivity index (χ1v) is 8.79. The quantitative estimate of drug-likeness (QED) is 0.556. The predicted molar refractivity (Wildman–Crippen MR) is 95.3 cm³/mol. The first-order valence-electron chi connectivity index (χ1n) is 7.59. The van der Waals surface area contributed by atoms with Gasteiger partial charge in [-0.1, -0.05) is 42.8 Å². The molecule has 0 radical (unpaired) electrons. The maximum atomic E-state index is 13.0. The number of carbonyl (C=O) groups is 1. The van der Waals surface area contributed by atoms with Crippen LogP contribution in [0.2, 0.25) is 5.02 Å². The van der Waals surface area contributed by atoms with Crippen LogP contribution in [0.4, 0.5) is 11.4 Å². The second-order valence-corrected chi connectivity index (χ2v) is 6.90. The molecule has 0 spiro atoms. The fourth-order valence-corrected chi connectivity index (χ4v) is 3.95. The number of hydrogen-bond acceptors (Lipinski definition) is 4. The number of fused-ring (bicyclic) bond motifs is 2. The molecular weight excluding hydrogens is 348 g/mol. The van der Waals surface area contributed by atoms with E-state index in [2.05, 4.69) is 6.92 Å². The van der Waals surface area contributed by atoms with Crippen LogP contribution in [0.25, 0.3) is 0 Å². The van der Waals surface area contributed by atoms with Gasteiger partial charge in [-0.3, -0.25) is 14.9 Å². The lowest BCUT2D eigenvalue weighted by Crippen LogP contribution is -2.31. The fourth-order valence-electron chi connectivity index (χ4n) is 2.60. The number of rotatable bonds is 4. The number of amides is 1. The van der Waals surface area contributed by atoms with E-state index in [-0.39, 0.29) is 11.6 Å². The first kappa shape index (κ1) is 16.8. The number of nitrogens with zero attached hydrogens (tertiary/aromatic N) is 2. The SMILES string of the molecule is CCCCN1C(=O)c2cc([N+](=O)[O-])ccc2Sc2c(Cl)cccc21. The molecule has 1 aliphatic heterocycles. The van der Waals surface area contributed by atoms with Crippen molar-refractivity contribution in [2.24, 2.45) is 0 Å². The van der Waals surface area contributed by atoms with E-state index >= 15 is 0 Å². The van der Waals surface area contributed by atoms with Crippen molar-refractivity contribution in [3.05, 3.63) is 57.1 Å². The van der Waals surface area contributed by atoms with Crippen LogP contribution in [0.3, 0.4) is 0 Å². The van der Waals surface area contributed by atoms with E-state index in [0.717, 1.165) is 23.4 Å². The summed E-state index contributed by atoms with van der Waals surface area (Å²) in [4.78, 5) is 26.8. The van der Waals surface area contributed by atoms with Crippen LogP contribution >= 0.6 is 23.4 Å². The van der Waals surface area contributed by atoms with E-state index in [4.69, 9.17) is 11.6 Å². The molecule has 0 saturated carbocycles. The summed E-state index contributed by atoms with van der Waals surface area (Å²) in [5.74, 6) is -0.226. The Balaban J connectivity index is 2.17. The highest BCUT2D eigenvalue weighted by Gasteiger charge is 2.29. The summed E-state index contributed by atoms with van der Waals surface area (Å²) >= 11 is 7.72. The van der Waals surface area contributed by atoms with Crippen molar-refractivity contribution in [1.29, 1.82) is 0 Å². The lowest BCUT2D eigenvalue weighted by atomic mass is 10.1. The number of nitro groups is 1. The third-order valence-electron chi connectivity index (χ3n) is 3.83. The predicted octanol–water partition coefficient (Wildman–Crippen LogP) is 5.16. The number of nitro benzene ring substituents is 1. The van der Waals surface area contributed by atoms with Crippen molar-refractivity contribution in [3.8, 4) is 0 Å². The Kier molecular flexibility index (Phi) is 4.78. The van der Waals surface area contributed by atoms with E-state index in [1.807, 2.05) is 12.1 Å². The Morgan fingerprint density at radius 2 is 2.08 bits per heavy atom. The second kappa shape index (κ2) is 6.83. The summed E-state index contributed by atoms with van der Waals surface area (Å²) in [6.07, 6.45) is 1.78. The number of anilines is 1. The van der Waals surface area contributed by atoms with Crippen molar-refractivity contribution in [2.75, 3.05) is 11.4 Å². The van der Waals surface area contributed by atoms with Crippen LogP contribution in [0.5, 0.6) is 0 Å². The molecule has 0 aliphatic carbocycles. The highest BCUT2D eigenvalue weighted by Crippen LogP contribution is 2.45. The smallest absolute Gasteiger partial charge is 0.270 e. The molecule has 5 nitrogen and oxygen atoms in total. The Bertz CT molecular complexity index is 825. The van der Waals surface area contributed by atoms with Crippen LogP contribution in [0, 0.1) is 10.1 Å². The molecule has 24 heavy (non-hydrogen) atoms. The second-order valence-electron chi connectivity index (χ2n) is 5.44. The first-order chi connectivity index (χ1) is 11.5. The van der Waals surface area contributed by atoms with E-state index < -0.39 is 4.92 Å². The molecule has 0 saturated heterocycles. The number of hydrogen-bond donors (Lipinski definition) is 0. The highest BCUT2D eigenvalue weighted by molar-refractivity contribution is 7.99. The van der Waals surface area contributed by atoms with Crippen LogP contribution in [-0.2, 0) is 0 Å². The molecule has 2 aromatic rings. The minimum absolute atomic E-state index is 0.0878. The van der Waals surface area contributed by atoms with Gasteiger partial charge in [0.1, 0.15) is 0 Å². The molecule has 0 aromatic heterocycles. The van der Waals surface area contributed by atoms with Gasteiger partial charge in [-0.2, -0.15) is 0 Å². The van der Waals surface area contributed by atoms with Crippen LogP contribution < -0.4 is 4.90 Å². The third-order valence-corrected chi connectivity index (χ3v) is 5.47. The number of benzene rings is 2. The minimum Gasteiger partial charge on any atom is -0.307 e. The van der Waals surface area contributed by atoms with Gasteiger partial charge in [-0.25, -0.2) is 0 Å². The van der Waals surface area contributed by atoms with Crippen molar-refractivity contribution in [1.82, 2.24) is 0 Å². The van der Waals surface area contributed by atoms with Gasteiger partial charge in [0.2, 0.25) is 0 Å². The zero-order chi connectivity index (χ0) is 17.3. The van der Waals surface area contributed by atoms with Crippen LogP contribution in [0.15, 0.2) is 46.2 Å². The van der Waals surface area contributed by atoms with Gasteiger partial charge in [0.25, 0.3) is 11.6 Å². The van der Waals surface area contributed by atoms with E-state index in [1.165, 1.54) is 23.9 Å². The summed E-state index contributed by atoms with van der Waals surface area (Å²) < 4.78 is 0. The molecule has 0 fully saturated rings.